The molecule has 2 aromatic heterocycles. The summed E-state index contributed by atoms with van der Waals surface area (Å²) in [5.74, 6) is 0.679. The number of allylic oxidation sites excluding steroid dienone is 4. The first-order valence-electron chi connectivity index (χ1n) is 18.6. The molecule has 0 saturated heterocycles. The summed E-state index contributed by atoms with van der Waals surface area (Å²) in [6.07, 6.45) is 15.4. The van der Waals surface area contributed by atoms with Crippen LogP contribution in [0.1, 0.15) is 59.5 Å². The van der Waals surface area contributed by atoms with Gasteiger partial charge in [0.2, 0.25) is 0 Å². The van der Waals surface area contributed by atoms with E-state index < -0.39 is 5.41 Å². The minimum Gasteiger partial charge on any atom is -0.264 e. The minimum atomic E-state index is -0.475. The number of rotatable bonds is 10. The summed E-state index contributed by atoms with van der Waals surface area (Å²) in [4.78, 5) is 16.9. The smallest absolute Gasteiger partial charge is 0.155 e. The van der Waals surface area contributed by atoms with Crippen LogP contribution < -0.4 is 0 Å². The Balaban J connectivity index is 1.25. The summed E-state index contributed by atoms with van der Waals surface area (Å²) >= 11 is 1.85. The lowest BCUT2D eigenvalue weighted by atomic mass is 9.67. The van der Waals surface area contributed by atoms with Gasteiger partial charge in [-0.1, -0.05) is 128 Å². The highest BCUT2D eigenvalue weighted by atomic mass is 32.2. The molecule has 1 aliphatic heterocycles. The Morgan fingerprint density at radius 1 is 0.648 bits per heavy atom. The monoisotopic (exact) mass is 713 g/mol. The Hall–Kier alpha value is -6.10. The largest absolute Gasteiger partial charge is 0.264 e. The molecular formula is C50H39N3S. The second kappa shape index (κ2) is 14.0. The van der Waals surface area contributed by atoms with E-state index in [1.807, 2.05) is 36.3 Å². The van der Waals surface area contributed by atoms with Crippen LogP contribution in [0.25, 0.3) is 55.9 Å². The van der Waals surface area contributed by atoms with Crippen LogP contribution in [0.15, 0.2) is 175 Å². The molecule has 9 rings (SSSR count). The number of benzene rings is 5. The summed E-state index contributed by atoms with van der Waals surface area (Å²) < 4.78 is 0. The van der Waals surface area contributed by atoms with E-state index in [1.54, 1.807) is 0 Å². The van der Waals surface area contributed by atoms with Crippen molar-refractivity contribution in [2.45, 2.75) is 40.9 Å². The van der Waals surface area contributed by atoms with Crippen LogP contribution in [-0.2, 0) is 5.41 Å². The highest BCUT2D eigenvalue weighted by Crippen LogP contribution is 2.62. The molecule has 260 valence electrons. The molecule has 3 heterocycles. The number of fused-ring (bicyclic) bond motifs is 10. The van der Waals surface area contributed by atoms with E-state index in [4.69, 9.17) is 9.97 Å². The molecule has 2 aliphatic rings. The third-order valence-corrected chi connectivity index (χ3v) is 11.9. The van der Waals surface area contributed by atoms with Crippen LogP contribution >= 0.6 is 11.8 Å². The fraction of sp³-hybridized carbons (Fsp3) is 0.100. The van der Waals surface area contributed by atoms with E-state index in [0.29, 0.717) is 5.82 Å². The van der Waals surface area contributed by atoms with Crippen LogP contribution in [-0.4, -0.2) is 15.0 Å². The van der Waals surface area contributed by atoms with Crippen molar-refractivity contribution in [2.24, 2.45) is 0 Å². The van der Waals surface area contributed by atoms with E-state index >= 15 is 0 Å². The second-order valence-corrected chi connectivity index (χ2v) is 15.1. The van der Waals surface area contributed by atoms with Gasteiger partial charge in [0, 0.05) is 33.1 Å². The van der Waals surface area contributed by atoms with Crippen LogP contribution in [0.4, 0.5) is 0 Å². The number of nitrogens with zero attached hydrogens (tertiary/aromatic N) is 3. The van der Waals surface area contributed by atoms with Gasteiger partial charge >= 0.3 is 0 Å². The Bertz CT molecular complexity index is 2620. The predicted molar refractivity (Wildman–Crippen MR) is 227 cm³/mol. The third-order valence-electron chi connectivity index (χ3n) is 10.8. The molecule has 54 heavy (non-hydrogen) atoms. The number of hydrogen-bond acceptors (Lipinski definition) is 4. The van der Waals surface area contributed by atoms with Crippen molar-refractivity contribution in [1.82, 2.24) is 15.0 Å². The molecule has 0 radical (unpaired) electrons. The SMILES string of the molecule is C=CCC/C=C/c1cc(-c2ccc3c(c2)Sc2cc(-c4cccc5cnccc45)ccc2C32c3ccccc3-c3ccccc32)nc(C(=C)CCC=C)n1. The first-order valence-corrected chi connectivity index (χ1v) is 19.4. The van der Waals surface area contributed by atoms with Crippen LogP contribution in [0, 0.1) is 0 Å². The van der Waals surface area contributed by atoms with Gasteiger partial charge < -0.3 is 0 Å². The molecule has 1 aliphatic carbocycles. The van der Waals surface area contributed by atoms with Crippen molar-refractivity contribution < 1.29 is 0 Å². The van der Waals surface area contributed by atoms with Gasteiger partial charge in [0.15, 0.2) is 5.82 Å². The van der Waals surface area contributed by atoms with Crippen LogP contribution in [0.2, 0.25) is 0 Å². The molecule has 5 aromatic carbocycles. The number of unbranched alkanes of at least 4 members (excludes halogenated alkanes) is 1. The average molecular weight is 714 g/mol. The average Bonchev–Trinajstić information content (AvgIpc) is 3.51. The molecule has 7 aromatic rings. The number of hydrogen-bond donors (Lipinski definition) is 0. The topological polar surface area (TPSA) is 38.7 Å². The van der Waals surface area contributed by atoms with Gasteiger partial charge in [-0.15, -0.1) is 13.2 Å². The third kappa shape index (κ3) is 5.57. The highest BCUT2D eigenvalue weighted by molar-refractivity contribution is 7.99. The van der Waals surface area contributed by atoms with Crippen molar-refractivity contribution in [1.29, 1.82) is 0 Å². The van der Waals surface area contributed by atoms with Gasteiger partial charge in [-0.2, -0.15) is 0 Å². The fourth-order valence-electron chi connectivity index (χ4n) is 8.28. The van der Waals surface area contributed by atoms with Gasteiger partial charge in [0.05, 0.1) is 16.8 Å². The van der Waals surface area contributed by atoms with E-state index in [-0.39, 0.29) is 0 Å². The van der Waals surface area contributed by atoms with Gasteiger partial charge in [-0.05, 0) is 111 Å². The zero-order valence-corrected chi connectivity index (χ0v) is 30.9. The molecule has 4 heteroatoms. The first kappa shape index (κ1) is 33.7. The Morgan fingerprint density at radius 2 is 1.33 bits per heavy atom. The maximum Gasteiger partial charge on any atom is 0.155 e. The summed E-state index contributed by atoms with van der Waals surface area (Å²) in [7, 11) is 0. The Labute approximate surface area is 321 Å². The van der Waals surface area contributed by atoms with Crippen molar-refractivity contribution in [3.8, 4) is 33.5 Å². The molecule has 0 saturated carbocycles. The summed E-state index contributed by atoms with van der Waals surface area (Å²) in [5.41, 5.74) is 13.5. The maximum atomic E-state index is 5.13. The number of pyridine rings is 1. The molecular weight excluding hydrogens is 675 g/mol. The minimum absolute atomic E-state index is 0.475. The van der Waals surface area contributed by atoms with Gasteiger partial charge in [-0.25, -0.2) is 9.97 Å². The fourth-order valence-corrected chi connectivity index (χ4v) is 9.55. The van der Waals surface area contributed by atoms with Crippen molar-refractivity contribution in [2.75, 3.05) is 0 Å². The standard InChI is InChI=1S/C50H39N3S/c1-4-6-8-9-17-37-31-46(53-49(52-37)33(3)15-7-5-2)35-24-26-45-48(30-35)54-47-29-34(38-20-14-16-36-32-51-28-27-39(36)38)23-25-44(47)50(45)42-21-12-10-18-40(42)41-19-11-13-22-43(41)50/h4-5,9-14,16-32H,1-3,6-8,15H2/b17-9+. The van der Waals surface area contributed by atoms with Crippen LogP contribution in [0.3, 0.4) is 0 Å². The molecule has 0 N–H and O–H groups in total. The summed E-state index contributed by atoms with van der Waals surface area (Å²) in [6, 6.07) is 42.6. The first-order chi connectivity index (χ1) is 26.6. The molecule has 0 fully saturated rings. The molecule has 3 nitrogen and oxygen atoms in total. The summed E-state index contributed by atoms with van der Waals surface area (Å²) in [5, 5.41) is 2.34. The number of aromatic nitrogens is 3. The van der Waals surface area contributed by atoms with E-state index in [9.17, 15) is 0 Å². The molecule has 0 amide bonds. The van der Waals surface area contributed by atoms with Gasteiger partial charge in [0.1, 0.15) is 0 Å². The molecule has 0 unspecified atom stereocenters. The van der Waals surface area contributed by atoms with Crippen molar-refractivity contribution >= 4 is 34.2 Å². The Kier molecular flexibility index (Phi) is 8.76. The maximum absolute atomic E-state index is 5.13. The Morgan fingerprint density at radius 3 is 2.07 bits per heavy atom. The van der Waals surface area contributed by atoms with Crippen molar-refractivity contribution in [3.63, 3.8) is 0 Å². The van der Waals surface area contributed by atoms with E-state index in [2.05, 4.69) is 152 Å². The lowest BCUT2D eigenvalue weighted by molar-refractivity contribution is 0.723. The van der Waals surface area contributed by atoms with Gasteiger partial charge in [-0.3, -0.25) is 4.98 Å². The molecule has 1 spiro atoms. The van der Waals surface area contributed by atoms with Crippen LogP contribution in [0.5, 0.6) is 0 Å². The van der Waals surface area contributed by atoms with E-state index in [0.717, 1.165) is 53.6 Å². The second-order valence-electron chi connectivity index (χ2n) is 14.0. The highest BCUT2D eigenvalue weighted by Gasteiger charge is 2.50. The normalized spacial score (nSPS) is 13.3. The molecule has 0 atom stereocenters. The zero-order chi connectivity index (χ0) is 36.6. The van der Waals surface area contributed by atoms with Crippen molar-refractivity contribution in [3.05, 3.63) is 199 Å². The van der Waals surface area contributed by atoms with E-state index in [1.165, 1.54) is 59.7 Å². The predicted octanol–water partition coefficient (Wildman–Crippen LogP) is 13.1. The summed E-state index contributed by atoms with van der Waals surface area (Å²) in [6.45, 7) is 12.2. The lowest BCUT2D eigenvalue weighted by Crippen LogP contribution is -2.32. The van der Waals surface area contributed by atoms with Gasteiger partial charge in [0.25, 0.3) is 0 Å². The quantitative estimate of drug-likeness (QED) is 0.104. The molecule has 0 bridgehead atoms. The lowest BCUT2D eigenvalue weighted by Gasteiger charge is -2.40. The zero-order valence-electron chi connectivity index (χ0n) is 30.1.